The van der Waals surface area contributed by atoms with Crippen molar-refractivity contribution in [2.75, 3.05) is 5.32 Å². The molecule has 1 heterocycles. The quantitative estimate of drug-likeness (QED) is 0.497. The number of amides is 2. The number of nitrogens with one attached hydrogen (secondary N) is 2. The highest BCUT2D eigenvalue weighted by Gasteiger charge is 2.08. The van der Waals surface area contributed by atoms with E-state index in [2.05, 4.69) is 15.8 Å². The maximum atomic E-state index is 12.4. The monoisotopic (exact) mass is 391 g/mol. The van der Waals surface area contributed by atoms with Crippen molar-refractivity contribution in [2.45, 2.75) is 26.7 Å². The van der Waals surface area contributed by atoms with Crippen molar-refractivity contribution < 1.29 is 14.0 Å². The summed E-state index contributed by atoms with van der Waals surface area (Å²) in [4.78, 5) is 36.2. The molecular weight excluding hydrogens is 370 g/mol. The topological polar surface area (TPSA) is 101 Å². The summed E-state index contributed by atoms with van der Waals surface area (Å²) in [6, 6.07) is 12.7. The van der Waals surface area contributed by atoms with E-state index < -0.39 is 5.91 Å². The fraction of sp³-hybridized carbons (Fsp3) is 0.182. The highest BCUT2D eigenvalue weighted by molar-refractivity contribution is 5.93. The highest BCUT2D eigenvalue weighted by Crippen LogP contribution is 2.13. The standard InChI is InChI=1S/C22H21N3O4/c1-14-3-6-17(7-4-14)24-20(26)9-10-21(27)25-23-12-16-13-29-19-11-15(2)5-8-18(19)22(16)28/h3-8,11-13H,9-10H2,1-2H3,(H,24,26)(H,25,27)/b23-12-. The van der Waals surface area contributed by atoms with Crippen molar-refractivity contribution in [2.24, 2.45) is 5.10 Å². The molecule has 0 saturated heterocycles. The lowest BCUT2D eigenvalue weighted by Crippen LogP contribution is -2.21. The van der Waals surface area contributed by atoms with E-state index in [1.165, 1.54) is 12.5 Å². The van der Waals surface area contributed by atoms with Gasteiger partial charge in [0.25, 0.3) is 0 Å². The summed E-state index contributed by atoms with van der Waals surface area (Å²) in [6.45, 7) is 3.87. The Morgan fingerprint density at radius 3 is 2.45 bits per heavy atom. The van der Waals surface area contributed by atoms with Gasteiger partial charge in [-0.25, -0.2) is 5.43 Å². The lowest BCUT2D eigenvalue weighted by molar-refractivity contribution is -0.124. The molecule has 29 heavy (non-hydrogen) atoms. The molecule has 0 radical (unpaired) electrons. The summed E-state index contributed by atoms with van der Waals surface area (Å²) in [5.41, 5.74) is 5.55. The first-order valence-corrected chi connectivity index (χ1v) is 9.13. The number of carbonyl (C=O) groups is 2. The smallest absolute Gasteiger partial charge is 0.240 e. The molecule has 0 aliphatic carbocycles. The third-order valence-corrected chi connectivity index (χ3v) is 4.26. The van der Waals surface area contributed by atoms with E-state index in [1.54, 1.807) is 24.3 Å². The molecule has 0 spiro atoms. The summed E-state index contributed by atoms with van der Waals surface area (Å²) in [5.74, 6) is -0.695. The molecule has 0 unspecified atom stereocenters. The zero-order valence-electron chi connectivity index (χ0n) is 16.2. The van der Waals surface area contributed by atoms with Crippen LogP contribution >= 0.6 is 0 Å². The number of nitrogens with zero attached hydrogens (tertiary/aromatic N) is 1. The number of rotatable bonds is 6. The fourth-order valence-electron chi connectivity index (χ4n) is 2.66. The minimum absolute atomic E-state index is 0.0205. The third-order valence-electron chi connectivity index (χ3n) is 4.26. The van der Waals surface area contributed by atoms with Gasteiger partial charge in [-0.05, 0) is 43.7 Å². The largest absolute Gasteiger partial charge is 0.463 e. The van der Waals surface area contributed by atoms with Crippen molar-refractivity contribution in [1.29, 1.82) is 0 Å². The molecule has 0 aliphatic rings. The predicted molar refractivity (Wildman–Crippen MR) is 112 cm³/mol. The Bertz CT molecular complexity index is 1130. The summed E-state index contributed by atoms with van der Waals surface area (Å²) in [7, 11) is 0. The molecule has 3 aromatic rings. The lowest BCUT2D eigenvalue weighted by Gasteiger charge is -2.05. The Labute approximate surface area is 167 Å². The molecule has 2 aromatic carbocycles. The van der Waals surface area contributed by atoms with Gasteiger partial charge in [0.15, 0.2) is 0 Å². The SMILES string of the molecule is Cc1ccc(NC(=O)CCC(=O)N/N=C\c2coc3cc(C)ccc3c2=O)cc1. The van der Waals surface area contributed by atoms with Crippen molar-refractivity contribution in [3.05, 3.63) is 75.6 Å². The molecule has 7 nitrogen and oxygen atoms in total. The minimum Gasteiger partial charge on any atom is -0.463 e. The van der Waals surface area contributed by atoms with Crippen molar-refractivity contribution >= 4 is 34.7 Å². The van der Waals surface area contributed by atoms with Crippen LogP contribution in [0.1, 0.15) is 29.5 Å². The van der Waals surface area contributed by atoms with Gasteiger partial charge in [0.2, 0.25) is 17.2 Å². The molecular formula is C22H21N3O4. The molecule has 0 atom stereocenters. The van der Waals surface area contributed by atoms with Gasteiger partial charge >= 0.3 is 0 Å². The molecule has 0 bridgehead atoms. The van der Waals surface area contributed by atoms with Gasteiger partial charge in [0.1, 0.15) is 11.8 Å². The van der Waals surface area contributed by atoms with Crippen LogP contribution in [0.2, 0.25) is 0 Å². The number of fused-ring (bicyclic) bond motifs is 1. The highest BCUT2D eigenvalue weighted by atomic mass is 16.3. The number of carbonyl (C=O) groups excluding carboxylic acids is 2. The number of hydrogen-bond donors (Lipinski definition) is 2. The average molecular weight is 391 g/mol. The molecule has 2 amide bonds. The van der Waals surface area contributed by atoms with Crippen LogP contribution in [-0.4, -0.2) is 18.0 Å². The average Bonchev–Trinajstić information content (AvgIpc) is 2.70. The van der Waals surface area contributed by atoms with E-state index in [0.717, 1.165) is 11.1 Å². The number of benzene rings is 2. The second-order valence-corrected chi connectivity index (χ2v) is 6.73. The Morgan fingerprint density at radius 1 is 1.00 bits per heavy atom. The summed E-state index contributed by atoms with van der Waals surface area (Å²) < 4.78 is 5.45. The van der Waals surface area contributed by atoms with Crippen LogP contribution in [0, 0.1) is 13.8 Å². The van der Waals surface area contributed by atoms with Gasteiger partial charge in [-0.1, -0.05) is 23.8 Å². The molecule has 3 rings (SSSR count). The minimum atomic E-state index is -0.430. The van der Waals surface area contributed by atoms with Crippen LogP contribution < -0.4 is 16.2 Å². The first-order chi connectivity index (χ1) is 13.9. The van der Waals surface area contributed by atoms with Gasteiger partial charge < -0.3 is 9.73 Å². The molecule has 0 aliphatic heterocycles. The van der Waals surface area contributed by atoms with E-state index in [0.29, 0.717) is 16.7 Å². The van der Waals surface area contributed by atoms with Crippen LogP contribution in [0.3, 0.4) is 0 Å². The van der Waals surface area contributed by atoms with Crippen molar-refractivity contribution in [3.8, 4) is 0 Å². The third kappa shape index (κ3) is 5.38. The number of aryl methyl sites for hydroxylation is 2. The molecule has 148 valence electrons. The Balaban J connectivity index is 1.52. The number of anilines is 1. The lowest BCUT2D eigenvalue weighted by atomic mass is 10.1. The molecule has 2 N–H and O–H groups in total. The zero-order chi connectivity index (χ0) is 20.8. The first kappa shape index (κ1) is 20.0. The molecule has 1 aromatic heterocycles. The van der Waals surface area contributed by atoms with Crippen molar-refractivity contribution in [1.82, 2.24) is 5.43 Å². The Hall–Kier alpha value is -3.74. The van der Waals surface area contributed by atoms with Crippen LogP contribution in [-0.2, 0) is 9.59 Å². The maximum Gasteiger partial charge on any atom is 0.240 e. The number of hydrazone groups is 1. The second kappa shape index (κ2) is 8.97. The fourth-order valence-corrected chi connectivity index (χ4v) is 2.66. The van der Waals surface area contributed by atoms with Crippen LogP contribution in [0.25, 0.3) is 11.0 Å². The normalized spacial score (nSPS) is 11.0. The second-order valence-electron chi connectivity index (χ2n) is 6.73. The van der Waals surface area contributed by atoms with Gasteiger partial charge in [-0.15, -0.1) is 0 Å². The zero-order valence-corrected chi connectivity index (χ0v) is 16.2. The van der Waals surface area contributed by atoms with Crippen LogP contribution in [0.15, 0.2) is 63.0 Å². The Kier molecular flexibility index (Phi) is 6.19. The van der Waals surface area contributed by atoms with Gasteiger partial charge in [-0.2, -0.15) is 5.10 Å². The summed E-state index contributed by atoms with van der Waals surface area (Å²) in [5, 5.41) is 6.95. The van der Waals surface area contributed by atoms with Gasteiger partial charge in [-0.3, -0.25) is 14.4 Å². The molecule has 7 heteroatoms. The van der Waals surface area contributed by atoms with E-state index in [-0.39, 0.29) is 29.7 Å². The summed E-state index contributed by atoms with van der Waals surface area (Å²) in [6.07, 6.45) is 2.53. The van der Waals surface area contributed by atoms with E-state index in [9.17, 15) is 14.4 Å². The molecule has 0 fully saturated rings. The molecule has 0 saturated carbocycles. The maximum absolute atomic E-state index is 12.4. The first-order valence-electron chi connectivity index (χ1n) is 9.13. The summed E-state index contributed by atoms with van der Waals surface area (Å²) >= 11 is 0. The Morgan fingerprint density at radius 2 is 1.69 bits per heavy atom. The van der Waals surface area contributed by atoms with Gasteiger partial charge in [0, 0.05) is 18.5 Å². The van der Waals surface area contributed by atoms with Crippen molar-refractivity contribution in [3.63, 3.8) is 0 Å². The number of hydrogen-bond acceptors (Lipinski definition) is 5. The van der Waals surface area contributed by atoms with E-state index in [1.807, 2.05) is 32.0 Å². The van der Waals surface area contributed by atoms with Gasteiger partial charge in [0.05, 0.1) is 17.2 Å². The van der Waals surface area contributed by atoms with Crippen LogP contribution in [0.5, 0.6) is 0 Å². The van der Waals surface area contributed by atoms with E-state index >= 15 is 0 Å². The predicted octanol–water partition coefficient (Wildman–Crippen LogP) is 3.28. The van der Waals surface area contributed by atoms with Crippen LogP contribution in [0.4, 0.5) is 5.69 Å². The van der Waals surface area contributed by atoms with E-state index in [4.69, 9.17) is 4.42 Å².